The van der Waals surface area contributed by atoms with Gasteiger partial charge in [-0.25, -0.2) is 0 Å². The Morgan fingerprint density at radius 3 is 1.91 bits per heavy atom. The topological polar surface area (TPSA) is 49.9 Å². The molecule has 0 saturated heterocycles. The smallest absolute Gasteiger partial charge is 0.321 e. The number of ketones is 1. The van der Waals surface area contributed by atoms with Crippen molar-refractivity contribution in [3.05, 3.63) is 83.2 Å². The maximum absolute atomic E-state index is 13.7. The summed E-state index contributed by atoms with van der Waals surface area (Å²) in [5, 5.41) is 0. The second kappa shape index (κ2) is 10.5. The molecule has 0 N–H and O–H groups in total. The Morgan fingerprint density at radius 1 is 0.844 bits per heavy atom. The van der Waals surface area contributed by atoms with E-state index in [2.05, 4.69) is 0 Å². The first-order valence-electron chi connectivity index (χ1n) is 11.0. The highest BCUT2D eigenvalue weighted by Gasteiger charge is 2.44. The largest absolute Gasteiger partial charge is 0.462 e. The van der Waals surface area contributed by atoms with E-state index in [-0.39, 0.29) is 23.8 Å². The second-order valence-electron chi connectivity index (χ2n) is 9.05. The fourth-order valence-electron chi connectivity index (χ4n) is 3.84. The Labute approximate surface area is 192 Å². The molecule has 5 heteroatoms. The van der Waals surface area contributed by atoms with Crippen molar-refractivity contribution < 1.29 is 14.3 Å². The van der Waals surface area contributed by atoms with Crippen LogP contribution >= 0.6 is 0 Å². The summed E-state index contributed by atoms with van der Waals surface area (Å²) in [4.78, 5) is 30.7. The molecule has 0 aliphatic heterocycles. The van der Waals surface area contributed by atoms with E-state index in [0.717, 1.165) is 11.4 Å². The van der Waals surface area contributed by atoms with E-state index in [1.165, 1.54) is 0 Å². The number of rotatable bonds is 9. The zero-order chi connectivity index (χ0) is 24.1. The third kappa shape index (κ3) is 5.39. The molecule has 1 atom stereocenters. The normalized spacial score (nSPS) is 12.8. The first kappa shape index (κ1) is 25.2. The van der Waals surface area contributed by atoms with Gasteiger partial charge < -0.3 is 14.5 Å². The van der Waals surface area contributed by atoms with Crippen molar-refractivity contribution in [2.45, 2.75) is 39.2 Å². The van der Waals surface area contributed by atoms with Crippen LogP contribution < -0.4 is 0 Å². The van der Waals surface area contributed by atoms with Gasteiger partial charge in [-0.3, -0.25) is 9.59 Å². The number of hydrogen-bond donors (Lipinski definition) is 0. The van der Waals surface area contributed by atoms with Gasteiger partial charge in [0.2, 0.25) is 0 Å². The second-order valence-corrected chi connectivity index (χ2v) is 9.05. The van der Waals surface area contributed by atoms with Gasteiger partial charge in [0.1, 0.15) is 11.2 Å². The summed E-state index contributed by atoms with van der Waals surface area (Å²) in [5.74, 6) is 0.352. The molecule has 0 saturated carbocycles. The van der Waals surface area contributed by atoms with Crippen LogP contribution in [0.5, 0.6) is 0 Å². The number of carbonyl (C=O) groups is 2. The van der Waals surface area contributed by atoms with Crippen LogP contribution in [-0.2, 0) is 14.9 Å². The minimum Gasteiger partial charge on any atom is -0.462 e. The third-order valence-corrected chi connectivity index (χ3v) is 5.50. The standard InChI is InChI=1S/C27H36N2O3/c1-19(2)27(26(31)32-20(3)4,18-24(28(5)6)29(7)8)23-16-12-15-22(17-23)25(30)21-13-10-9-11-14-21/h9-20H,1-8H3. The lowest BCUT2D eigenvalue weighted by Gasteiger charge is -2.37. The number of ether oxygens (including phenoxy) is 1. The van der Waals surface area contributed by atoms with Crippen molar-refractivity contribution in [1.82, 2.24) is 9.80 Å². The van der Waals surface area contributed by atoms with Crippen molar-refractivity contribution in [2.75, 3.05) is 28.2 Å². The van der Waals surface area contributed by atoms with Gasteiger partial charge in [-0.2, -0.15) is 0 Å². The lowest BCUT2D eigenvalue weighted by molar-refractivity contribution is -0.154. The highest BCUT2D eigenvalue weighted by atomic mass is 16.5. The van der Waals surface area contributed by atoms with Gasteiger partial charge in [-0.1, -0.05) is 62.4 Å². The van der Waals surface area contributed by atoms with Crippen LogP contribution in [-0.4, -0.2) is 55.8 Å². The van der Waals surface area contributed by atoms with Gasteiger partial charge >= 0.3 is 5.97 Å². The van der Waals surface area contributed by atoms with E-state index < -0.39 is 5.41 Å². The predicted octanol–water partition coefficient (Wildman–Crippen LogP) is 4.73. The third-order valence-electron chi connectivity index (χ3n) is 5.50. The molecular weight excluding hydrogens is 400 g/mol. The number of nitrogens with zero attached hydrogens (tertiary/aromatic N) is 2. The molecule has 0 radical (unpaired) electrons. The zero-order valence-electron chi connectivity index (χ0n) is 20.5. The van der Waals surface area contributed by atoms with Gasteiger partial charge in [0.05, 0.1) is 6.10 Å². The Bertz CT molecular complexity index is 952. The van der Waals surface area contributed by atoms with Crippen molar-refractivity contribution in [1.29, 1.82) is 0 Å². The SMILES string of the molecule is CC(C)OC(=O)C(C=C(N(C)C)N(C)C)(c1cccc(C(=O)c2ccccc2)c1)C(C)C. The molecule has 0 amide bonds. The molecule has 0 aliphatic carbocycles. The summed E-state index contributed by atoms with van der Waals surface area (Å²) in [6.45, 7) is 7.71. The highest BCUT2D eigenvalue weighted by Crippen LogP contribution is 2.38. The Morgan fingerprint density at radius 2 is 1.41 bits per heavy atom. The van der Waals surface area contributed by atoms with Crippen molar-refractivity contribution in [3.63, 3.8) is 0 Å². The van der Waals surface area contributed by atoms with Crippen LogP contribution in [0.2, 0.25) is 0 Å². The van der Waals surface area contributed by atoms with Gasteiger partial charge in [0.25, 0.3) is 0 Å². The van der Waals surface area contributed by atoms with Crippen LogP contribution in [0.1, 0.15) is 49.2 Å². The summed E-state index contributed by atoms with van der Waals surface area (Å²) in [6, 6.07) is 16.5. The molecule has 0 bridgehead atoms. The van der Waals surface area contributed by atoms with E-state index in [0.29, 0.717) is 11.1 Å². The Kier molecular flexibility index (Phi) is 8.25. The van der Waals surface area contributed by atoms with Gasteiger partial charge in [0, 0.05) is 39.3 Å². The van der Waals surface area contributed by atoms with Crippen molar-refractivity contribution in [2.24, 2.45) is 5.92 Å². The molecule has 0 aromatic heterocycles. The lowest BCUT2D eigenvalue weighted by Crippen LogP contribution is -2.43. The highest BCUT2D eigenvalue weighted by molar-refractivity contribution is 6.09. The molecule has 2 aromatic carbocycles. The van der Waals surface area contributed by atoms with E-state index in [9.17, 15) is 9.59 Å². The maximum atomic E-state index is 13.7. The quantitative estimate of drug-likeness (QED) is 0.420. The minimum atomic E-state index is -1.07. The molecule has 0 heterocycles. The molecule has 32 heavy (non-hydrogen) atoms. The Hall–Kier alpha value is -3.08. The number of benzene rings is 2. The minimum absolute atomic E-state index is 0.0771. The Balaban J connectivity index is 2.75. The lowest BCUT2D eigenvalue weighted by atomic mass is 9.70. The van der Waals surface area contributed by atoms with E-state index in [4.69, 9.17) is 4.74 Å². The first-order valence-corrected chi connectivity index (χ1v) is 11.0. The summed E-state index contributed by atoms with van der Waals surface area (Å²) >= 11 is 0. The first-order chi connectivity index (χ1) is 15.0. The fourth-order valence-corrected chi connectivity index (χ4v) is 3.84. The summed E-state index contributed by atoms with van der Waals surface area (Å²) in [5.41, 5.74) is 0.824. The monoisotopic (exact) mass is 436 g/mol. The average molecular weight is 437 g/mol. The molecule has 0 fully saturated rings. The molecule has 1 unspecified atom stereocenters. The molecule has 2 aromatic rings. The number of esters is 1. The summed E-state index contributed by atoms with van der Waals surface area (Å²) in [6.07, 6.45) is 1.71. The molecule has 0 spiro atoms. The van der Waals surface area contributed by atoms with Crippen LogP contribution in [0.15, 0.2) is 66.5 Å². The molecule has 5 nitrogen and oxygen atoms in total. The van der Waals surface area contributed by atoms with E-state index in [1.54, 1.807) is 18.2 Å². The van der Waals surface area contributed by atoms with Gasteiger partial charge in [-0.15, -0.1) is 0 Å². The fraction of sp³-hybridized carbons (Fsp3) is 0.407. The number of hydrogen-bond acceptors (Lipinski definition) is 5. The molecular formula is C27H36N2O3. The number of carbonyl (C=O) groups excluding carboxylic acids is 2. The summed E-state index contributed by atoms with van der Waals surface area (Å²) < 4.78 is 5.77. The molecule has 2 rings (SSSR count). The van der Waals surface area contributed by atoms with Crippen molar-refractivity contribution in [3.8, 4) is 0 Å². The zero-order valence-corrected chi connectivity index (χ0v) is 20.5. The predicted molar refractivity (Wildman–Crippen MR) is 130 cm³/mol. The van der Waals surface area contributed by atoms with Crippen LogP contribution in [0.25, 0.3) is 0 Å². The van der Waals surface area contributed by atoms with Gasteiger partial charge in [0.15, 0.2) is 5.78 Å². The van der Waals surface area contributed by atoms with Gasteiger partial charge in [-0.05, 0) is 37.5 Å². The molecule has 0 aliphatic rings. The van der Waals surface area contributed by atoms with E-state index >= 15 is 0 Å². The summed E-state index contributed by atoms with van der Waals surface area (Å²) in [7, 11) is 7.78. The van der Waals surface area contributed by atoms with Crippen LogP contribution in [0.4, 0.5) is 0 Å². The van der Waals surface area contributed by atoms with E-state index in [1.807, 2.05) is 108 Å². The molecule has 172 valence electrons. The van der Waals surface area contributed by atoms with Crippen molar-refractivity contribution >= 4 is 11.8 Å². The van der Waals surface area contributed by atoms with Crippen LogP contribution in [0.3, 0.4) is 0 Å². The maximum Gasteiger partial charge on any atom is 0.321 e. The van der Waals surface area contributed by atoms with Crippen LogP contribution in [0, 0.1) is 5.92 Å². The average Bonchev–Trinajstić information content (AvgIpc) is 2.73.